The van der Waals surface area contributed by atoms with Gasteiger partial charge in [0, 0.05) is 12.8 Å². The highest BCUT2D eigenvalue weighted by Gasteiger charge is 2.48. The minimum absolute atomic E-state index is 0.102. The van der Waals surface area contributed by atoms with Crippen molar-refractivity contribution in [2.24, 2.45) is 28.5 Å². The molecule has 0 aromatic carbocycles. The molecule has 0 aromatic heterocycles. The van der Waals surface area contributed by atoms with E-state index in [-0.39, 0.29) is 6.10 Å². The zero-order chi connectivity index (χ0) is 14.5. The highest BCUT2D eigenvalue weighted by atomic mass is 16.6. The molecule has 0 radical (unpaired) electrons. The zero-order valence-corrected chi connectivity index (χ0v) is 12.8. The number of ether oxygens (including phenoxy) is 1. The monoisotopic (exact) mass is 280 g/mol. The molecule has 114 valence electrons. The summed E-state index contributed by atoms with van der Waals surface area (Å²) in [6.45, 7) is 2.09. The Morgan fingerprint density at radius 2 is 2.00 bits per heavy atom. The van der Waals surface area contributed by atoms with E-state index in [1.54, 1.807) is 0 Å². The molecule has 0 saturated heterocycles. The van der Waals surface area contributed by atoms with Gasteiger partial charge in [-0.15, -0.1) is 0 Å². The number of nitrogens with zero attached hydrogens (tertiary/aromatic N) is 1. The summed E-state index contributed by atoms with van der Waals surface area (Å²) >= 11 is 0. The molecule has 2 aliphatic rings. The lowest BCUT2D eigenvalue weighted by Crippen LogP contribution is -2.34. The van der Waals surface area contributed by atoms with Crippen LogP contribution in [0, 0.1) is 17.8 Å². The Kier molecular flexibility index (Phi) is 5.44. The number of unbranched alkanes of at least 4 members (excludes halogenated alkanes) is 2. The summed E-state index contributed by atoms with van der Waals surface area (Å²) < 4.78 is 5.39. The maximum Gasteiger partial charge on any atom is 0.404 e. The molecule has 20 heavy (non-hydrogen) atoms. The Labute approximate surface area is 122 Å². The van der Waals surface area contributed by atoms with Gasteiger partial charge >= 0.3 is 6.09 Å². The molecule has 4 nitrogen and oxygen atoms in total. The summed E-state index contributed by atoms with van der Waals surface area (Å²) in [7, 11) is 1.86. The van der Waals surface area contributed by atoms with Gasteiger partial charge in [-0.1, -0.05) is 12.8 Å². The minimum Gasteiger partial charge on any atom is -0.446 e. The maximum absolute atomic E-state index is 11.0. The lowest BCUT2D eigenvalue weighted by molar-refractivity contribution is 0.0305. The molecule has 0 aliphatic heterocycles. The maximum atomic E-state index is 11.0. The predicted octanol–water partition coefficient (Wildman–Crippen LogP) is 3.54. The first-order valence-electron chi connectivity index (χ1n) is 8.00. The van der Waals surface area contributed by atoms with Crippen LogP contribution in [0.2, 0.25) is 0 Å². The van der Waals surface area contributed by atoms with E-state index in [9.17, 15) is 4.79 Å². The van der Waals surface area contributed by atoms with Gasteiger partial charge in [-0.25, -0.2) is 4.79 Å². The third-order valence-electron chi connectivity index (χ3n) is 5.22. The van der Waals surface area contributed by atoms with Gasteiger partial charge in [-0.05, 0) is 63.2 Å². The molecule has 2 N–H and O–H groups in total. The van der Waals surface area contributed by atoms with Crippen molar-refractivity contribution < 1.29 is 9.53 Å². The Hall–Kier alpha value is -1.06. The van der Waals surface area contributed by atoms with E-state index < -0.39 is 6.09 Å². The quantitative estimate of drug-likeness (QED) is 0.572. The van der Waals surface area contributed by atoms with Gasteiger partial charge in [-0.2, -0.15) is 0 Å². The van der Waals surface area contributed by atoms with Gasteiger partial charge in [0.05, 0.1) is 0 Å². The van der Waals surface area contributed by atoms with Crippen LogP contribution in [0.5, 0.6) is 0 Å². The minimum atomic E-state index is -0.595. The number of carbonyl (C=O) groups excluding carboxylic acids is 1. The smallest absolute Gasteiger partial charge is 0.404 e. The standard InChI is InChI=1S/C16H28N2O2/c1-11(18-2)6-4-3-5-7-14-12-8-9-13(10-12)15(14)20-16(17)19/h12-15H,3-10H2,1-2H3,(H2,17,19). The molecule has 0 spiro atoms. The fraction of sp³-hybridized carbons (Fsp3) is 0.875. The van der Waals surface area contributed by atoms with Crippen molar-refractivity contribution >= 4 is 11.8 Å². The molecule has 4 unspecified atom stereocenters. The van der Waals surface area contributed by atoms with Crippen LogP contribution in [0.4, 0.5) is 4.79 Å². The number of aliphatic imine (C=N–C) groups is 1. The first-order valence-corrected chi connectivity index (χ1v) is 8.00. The topological polar surface area (TPSA) is 64.7 Å². The highest BCUT2D eigenvalue weighted by molar-refractivity contribution is 5.81. The first kappa shape index (κ1) is 15.3. The summed E-state index contributed by atoms with van der Waals surface area (Å²) in [5.74, 6) is 1.90. The van der Waals surface area contributed by atoms with E-state index >= 15 is 0 Å². The number of primary amides is 1. The van der Waals surface area contributed by atoms with E-state index in [1.165, 1.54) is 50.7 Å². The van der Waals surface area contributed by atoms with Crippen LogP contribution in [0.3, 0.4) is 0 Å². The molecular weight excluding hydrogens is 252 g/mol. The van der Waals surface area contributed by atoms with Gasteiger partial charge in [0.25, 0.3) is 0 Å². The molecule has 0 aromatic rings. The van der Waals surface area contributed by atoms with Gasteiger partial charge in [0.1, 0.15) is 6.10 Å². The van der Waals surface area contributed by atoms with Gasteiger partial charge in [0.2, 0.25) is 0 Å². The number of hydrogen-bond donors (Lipinski definition) is 1. The molecule has 2 saturated carbocycles. The summed E-state index contributed by atoms with van der Waals surface area (Å²) in [6.07, 6.45) is 9.24. The van der Waals surface area contributed by atoms with E-state index in [4.69, 9.17) is 10.5 Å². The molecule has 2 fully saturated rings. The average Bonchev–Trinajstić information content (AvgIpc) is 3.00. The number of nitrogens with two attached hydrogens (primary N) is 1. The van der Waals surface area contributed by atoms with Crippen molar-refractivity contribution in [1.82, 2.24) is 0 Å². The van der Waals surface area contributed by atoms with Crippen molar-refractivity contribution in [3.63, 3.8) is 0 Å². The summed E-state index contributed by atoms with van der Waals surface area (Å²) in [4.78, 5) is 15.2. The molecule has 4 heteroatoms. The lowest BCUT2D eigenvalue weighted by Gasteiger charge is -2.30. The molecule has 2 rings (SSSR count). The van der Waals surface area contributed by atoms with Crippen LogP contribution in [-0.2, 0) is 4.74 Å². The van der Waals surface area contributed by atoms with Crippen LogP contribution in [0.1, 0.15) is 58.3 Å². The summed E-state index contributed by atoms with van der Waals surface area (Å²) in [6, 6.07) is 0. The average molecular weight is 280 g/mol. The number of fused-ring (bicyclic) bond motifs is 2. The van der Waals surface area contributed by atoms with Gasteiger partial charge in [0.15, 0.2) is 0 Å². The third kappa shape index (κ3) is 3.74. The second kappa shape index (κ2) is 7.09. The largest absolute Gasteiger partial charge is 0.446 e. The number of carbonyl (C=O) groups is 1. The molecule has 2 aliphatic carbocycles. The normalized spacial score (nSPS) is 32.6. The summed E-state index contributed by atoms with van der Waals surface area (Å²) in [5, 5.41) is 0. The van der Waals surface area contributed by atoms with Crippen molar-refractivity contribution in [1.29, 1.82) is 0 Å². The van der Waals surface area contributed by atoms with Crippen molar-refractivity contribution in [2.45, 2.75) is 64.4 Å². The van der Waals surface area contributed by atoms with Crippen LogP contribution >= 0.6 is 0 Å². The molecular formula is C16H28N2O2. The Morgan fingerprint density at radius 1 is 1.25 bits per heavy atom. The van der Waals surface area contributed by atoms with Gasteiger partial charge < -0.3 is 10.5 Å². The predicted molar refractivity (Wildman–Crippen MR) is 80.9 cm³/mol. The van der Waals surface area contributed by atoms with Crippen LogP contribution in [0.15, 0.2) is 4.99 Å². The van der Waals surface area contributed by atoms with E-state index in [0.717, 1.165) is 12.3 Å². The van der Waals surface area contributed by atoms with Crippen molar-refractivity contribution in [2.75, 3.05) is 7.05 Å². The highest BCUT2D eigenvalue weighted by Crippen LogP contribution is 2.51. The Morgan fingerprint density at radius 3 is 2.70 bits per heavy atom. The Balaban J connectivity index is 1.72. The Bertz CT molecular complexity index is 367. The number of amides is 1. The summed E-state index contributed by atoms with van der Waals surface area (Å²) in [5.41, 5.74) is 6.45. The first-order chi connectivity index (χ1) is 9.61. The second-order valence-corrected chi connectivity index (χ2v) is 6.46. The third-order valence-corrected chi connectivity index (χ3v) is 5.22. The second-order valence-electron chi connectivity index (χ2n) is 6.46. The van der Waals surface area contributed by atoms with Gasteiger partial charge in [-0.3, -0.25) is 4.99 Å². The SMILES string of the molecule is CN=C(C)CCCCCC1C2CCC(C2)C1OC(N)=O. The van der Waals surface area contributed by atoms with E-state index in [0.29, 0.717) is 11.8 Å². The molecule has 4 atom stereocenters. The van der Waals surface area contributed by atoms with Crippen LogP contribution in [0.25, 0.3) is 0 Å². The van der Waals surface area contributed by atoms with Crippen LogP contribution in [-0.4, -0.2) is 25.0 Å². The van der Waals surface area contributed by atoms with E-state index in [1.807, 2.05) is 7.05 Å². The molecule has 0 heterocycles. The number of rotatable bonds is 7. The van der Waals surface area contributed by atoms with Crippen LogP contribution < -0.4 is 5.73 Å². The molecule has 2 bridgehead atoms. The fourth-order valence-electron chi connectivity index (χ4n) is 4.12. The molecule has 1 amide bonds. The van der Waals surface area contributed by atoms with E-state index in [2.05, 4.69) is 11.9 Å². The van der Waals surface area contributed by atoms with Crippen molar-refractivity contribution in [3.8, 4) is 0 Å². The fourth-order valence-corrected chi connectivity index (χ4v) is 4.12. The van der Waals surface area contributed by atoms with Crippen molar-refractivity contribution in [3.05, 3.63) is 0 Å². The zero-order valence-electron chi connectivity index (χ0n) is 12.8. The lowest BCUT2D eigenvalue weighted by atomic mass is 9.82. The number of hydrogen-bond acceptors (Lipinski definition) is 3.